The van der Waals surface area contributed by atoms with Crippen molar-refractivity contribution in [1.29, 1.82) is 0 Å². The van der Waals surface area contributed by atoms with Crippen LogP contribution in [0.5, 0.6) is 0 Å². The number of aryl methyl sites for hydroxylation is 1. The van der Waals surface area contributed by atoms with Crippen molar-refractivity contribution in [2.45, 2.75) is 38.1 Å². The summed E-state index contributed by atoms with van der Waals surface area (Å²) in [4.78, 5) is 29.7. The van der Waals surface area contributed by atoms with Crippen LogP contribution in [0.2, 0.25) is 0 Å². The average molecular weight is 490 g/mol. The first kappa shape index (κ1) is 22.9. The van der Waals surface area contributed by atoms with Gasteiger partial charge in [0.05, 0.1) is 11.8 Å². The molecule has 10 heteroatoms. The van der Waals surface area contributed by atoms with Crippen molar-refractivity contribution in [3.05, 3.63) is 53.8 Å². The number of nitrogens with one attached hydrogen (secondary N) is 3. The number of benzene rings is 1. The van der Waals surface area contributed by atoms with Crippen molar-refractivity contribution >= 4 is 50.6 Å². The molecule has 3 amide bonds. The second-order valence-electron chi connectivity index (χ2n) is 8.78. The van der Waals surface area contributed by atoms with Gasteiger partial charge in [0.2, 0.25) is 0 Å². The molecule has 0 atom stereocenters. The Morgan fingerprint density at radius 3 is 2.46 bits per heavy atom. The van der Waals surface area contributed by atoms with E-state index < -0.39 is 0 Å². The summed E-state index contributed by atoms with van der Waals surface area (Å²) < 4.78 is 2.61. The van der Waals surface area contributed by atoms with Gasteiger partial charge in [0, 0.05) is 63.5 Å². The molecule has 1 aromatic carbocycles. The third kappa shape index (κ3) is 4.97. The van der Waals surface area contributed by atoms with Gasteiger partial charge in [-0.05, 0) is 37.1 Å². The van der Waals surface area contributed by atoms with E-state index in [1.165, 1.54) is 17.8 Å². The van der Waals surface area contributed by atoms with Crippen molar-refractivity contribution in [3.63, 3.8) is 0 Å². The molecule has 1 aliphatic rings. The minimum atomic E-state index is -0.274. The summed E-state index contributed by atoms with van der Waals surface area (Å²) >= 11 is 1.45. The fourth-order valence-corrected chi connectivity index (χ4v) is 5.53. The number of nitrogens with zero attached hydrogens (tertiary/aromatic N) is 3. The highest BCUT2D eigenvalue weighted by molar-refractivity contribution is 7.18. The minimum Gasteiger partial charge on any atom is -0.383 e. The van der Waals surface area contributed by atoms with E-state index in [0.29, 0.717) is 28.1 Å². The Labute approximate surface area is 206 Å². The maximum Gasteiger partial charge on any atom is 0.319 e. The maximum absolute atomic E-state index is 13.1. The molecule has 1 aliphatic carbocycles. The smallest absolute Gasteiger partial charge is 0.319 e. The van der Waals surface area contributed by atoms with Crippen LogP contribution in [0, 0.1) is 0 Å². The Kier molecular flexibility index (Phi) is 6.37. The molecule has 0 unspecified atom stereocenters. The first-order valence-corrected chi connectivity index (χ1v) is 12.5. The number of hydrogen-bond acceptors (Lipinski definition) is 6. The van der Waals surface area contributed by atoms with Crippen LogP contribution in [0.25, 0.3) is 21.2 Å². The fraction of sp³-hybridized carbons (Fsp3) is 0.280. The molecule has 0 saturated heterocycles. The zero-order chi connectivity index (χ0) is 24.4. The summed E-state index contributed by atoms with van der Waals surface area (Å²) in [5.74, 6) is 0.0337. The number of carbonyl (C=O) groups is 2. The Morgan fingerprint density at radius 2 is 1.77 bits per heavy atom. The number of nitrogen functional groups attached to an aromatic ring is 1. The standard InChI is InChI=1S/C25H27N7O2S/c1-32-13-15(11-28-32)19-12-27-23(26)21-20(14-35-22(19)21)24(33)29-17-7-9-18(10-8-17)31-25(34)30-16-5-3-2-4-6-16/h7-14,16H,2-6H2,1H3,(H2,26,27)(H,29,33)(H2,30,31,34). The molecule has 180 valence electrons. The number of anilines is 3. The van der Waals surface area contributed by atoms with Crippen LogP contribution in [0.4, 0.5) is 22.0 Å². The van der Waals surface area contributed by atoms with Crippen LogP contribution >= 0.6 is 11.3 Å². The molecule has 0 radical (unpaired) electrons. The van der Waals surface area contributed by atoms with Crippen LogP contribution < -0.4 is 21.7 Å². The molecule has 5 rings (SSSR count). The van der Waals surface area contributed by atoms with Crippen LogP contribution in [-0.2, 0) is 7.05 Å². The number of aromatic nitrogens is 3. The molecular weight excluding hydrogens is 462 g/mol. The van der Waals surface area contributed by atoms with Gasteiger partial charge in [-0.3, -0.25) is 9.48 Å². The summed E-state index contributed by atoms with van der Waals surface area (Å²) in [6, 6.07) is 7.07. The molecule has 3 aromatic heterocycles. The molecule has 35 heavy (non-hydrogen) atoms. The van der Waals surface area contributed by atoms with E-state index in [2.05, 4.69) is 26.0 Å². The number of thiophene rings is 1. The summed E-state index contributed by atoms with van der Waals surface area (Å²) in [6.07, 6.45) is 11.0. The topological polar surface area (TPSA) is 127 Å². The summed E-state index contributed by atoms with van der Waals surface area (Å²) in [6.45, 7) is 0. The van der Waals surface area contributed by atoms with E-state index in [9.17, 15) is 9.59 Å². The predicted octanol–water partition coefficient (Wildman–Crippen LogP) is 4.99. The van der Waals surface area contributed by atoms with Gasteiger partial charge in [-0.1, -0.05) is 19.3 Å². The van der Waals surface area contributed by atoms with E-state index in [0.717, 1.165) is 41.5 Å². The maximum atomic E-state index is 13.1. The predicted molar refractivity (Wildman–Crippen MR) is 140 cm³/mol. The first-order chi connectivity index (χ1) is 17.0. The summed E-state index contributed by atoms with van der Waals surface area (Å²) in [5, 5.41) is 15.5. The molecule has 5 N–H and O–H groups in total. The van der Waals surface area contributed by atoms with Crippen LogP contribution in [0.15, 0.2) is 48.2 Å². The van der Waals surface area contributed by atoms with Crippen LogP contribution in [0.1, 0.15) is 42.5 Å². The second-order valence-corrected chi connectivity index (χ2v) is 9.66. The molecule has 1 saturated carbocycles. The van der Waals surface area contributed by atoms with Gasteiger partial charge in [-0.25, -0.2) is 9.78 Å². The molecule has 0 spiro atoms. The number of urea groups is 1. The van der Waals surface area contributed by atoms with Gasteiger partial charge < -0.3 is 21.7 Å². The number of nitrogens with two attached hydrogens (primary N) is 1. The highest BCUT2D eigenvalue weighted by Crippen LogP contribution is 2.37. The second kappa shape index (κ2) is 9.75. The lowest BCUT2D eigenvalue weighted by molar-refractivity contribution is 0.102. The van der Waals surface area contributed by atoms with Crippen molar-refractivity contribution < 1.29 is 9.59 Å². The Balaban J connectivity index is 1.28. The summed E-state index contributed by atoms with van der Waals surface area (Å²) in [7, 11) is 1.85. The minimum absolute atomic E-state index is 0.203. The molecule has 9 nitrogen and oxygen atoms in total. The third-order valence-corrected chi connectivity index (χ3v) is 7.24. The molecule has 3 heterocycles. The Bertz CT molecular complexity index is 1370. The first-order valence-electron chi connectivity index (χ1n) is 11.6. The van der Waals surface area contributed by atoms with Gasteiger partial charge in [-0.15, -0.1) is 11.3 Å². The van der Waals surface area contributed by atoms with Crippen molar-refractivity contribution in [2.75, 3.05) is 16.4 Å². The monoisotopic (exact) mass is 489 g/mol. The largest absolute Gasteiger partial charge is 0.383 e. The Hall–Kier alpha value is -3.92. The molecule has 4 aromatic rings. The number of amides is 3. The van der Waals surface area contributed by atoms with Crippen molar-refractivity contribution in [3.8, 4) is 11.1 Å². The van der Waals surface area contributed by atoms with Crippen molar-refractivity contribution in [2.24, 2.45) is 7.05 Å². The quantitative estimate of drug-likeness (QED) is 0.314. The number of fused-ring (bicyclic) bond motifs is 1. The number of hydrogen-bond donors (Lipinski definition) is 4. The zero-order valence-corrected chi connectivity index (χ0v) is 20.2. The zero-order valence-electron chi connectivity index (χ0n) is 19.4. The Morgan fingerprint density at radius 1 is 1.06 bits per heavy atom. The molecular formula is C25H27N7O2S. The van der Waals surface area contributed by atoms with Gasteiger partial charge >= 0.3 is 6.03 Å². The van der Waals surface area contributed by atoms with Gasteiger partial charge in [0.25, 0.3) is 5.91 Å². The van der Waals surface area contributed by atoms with Gasteiger partial charge in [0.1, 0.15) is 5.82 Å². The van der Waals surface area contributed by atoms with E-state index in [1.807, 2.05) is 13.2 Å². The van der Waals surface area contributed by atoms with Crippen LogP contribution in [-0.4, -0.2) is 32.7 Å². The van der Waals surface area contributed by atoms with Crippen LogP contribution in [0.3, 0.4) is 0 Å². The van der Waals surface area contributed by atoms with Crippen molar-refractivity contribution in [1.82, 2.24) is 20.1 Å². The number of carbonyl (C=O) groups excluding carboxylic acids is 2. The lowest BCUT2D eigenvalue weighted by atomic mass is 9.96. The molecule has 1 fully saturated rings. The third-order valence-electron chi connectivity index (χ3n) is 6.23. The fourth-order valence-electron chi connectivity index (χ4n) is 4.44. The molecule has 0 bridgehead atoms. The molecule has 0 aliphatic heterocycles. The van der Waals surface area contributed by atoms with E-state index in [4.69, 9.17) is 5.73 Å². The van der Waals surface area contributed by atoms with Gasteiger partial charge in [-0.2, -0.15) is 5.10 Å². The highest BCUT2D eigenvalue weighted by Gasteiger charge is 2.20. The normalized spacial score (nSPS) is 14.1. The van der Waals surface area contributed by atoms with Gasteiger partial charge in [0.15, 0.2) is 0 Å². The summed E-state index contributed by atoms with van der Waals surface area (Å²) in [5.41, 5.74) is 9.70. The van der Waals surface area contributed by atoms with E-state index in [-0.39, 0.29) is 18.0 Å². The average Bonchev–Trinajstić information content (AvgIpc) is 3.49. The highest BCUT2D eigenvalue weighted by atomic mass is 32.1. The van der Waals surface area contributed by atoms with E-state index >= 15 is 0 Å². The number of rotatable bonds is 5. The van der Waals surface area contributed by atoms with E-state index in [1.54, 1.807) is 46.7 Å². The number of pyridine rings is 1. The lowest BCUT2D eigenvalue weighted by Crippen LogP contribution is -2.38. The lowest BCUT2D eigenvalue weighted by Gasteiger charge is -2.22. The SMILES string of the molecule is Cn1cc(-c2cnc(N)c3c(C(=O)Nc4ccc(NC(=O)NC5CCCCC5)cc4)csc23)cn1.